The number of aliphatic carboxylic acids is 1. The summed E-state index contributed by atoms with van der Waals surface area (Å²) >= 11 is 0. The molecule has 26 heavy (non-hydrogen) atoms. The maximum Gasteiger partial charge on any atom is 0.303 e. The Bertz CT molecular complexity index is 449. The minimum Gasteiger partial charge on any atom is -0.481 e. The number of unbranched alkanes of at least 4 members (excludes halogenated alkanes) is 5. The van der Waals surface area contributed by atoms with Crippen LogP contribution in [0.1, 0.15) is 71.1 Å². The van der Waals surface area contributed by atoms with Crippen LogP contribution in [0.3, 0.4) is 0 Å². The second-order valence-corrected chi connectivity index (χ2v) is 6.49. The van der Waals surface area contributed by atoms with Gasteiger partial charge in [-0.3, -0.25) is 4.79 Å². The summed E-state index contributed by atoms with van der Waals surface area (Å²) in [5, 5.41) is 28.1. The lowest BCUT2D eigenvalue weighted by atomic mass is 10.1. The zero-order valence-electron chi connectivity index (χ0n) is 16.1. The van der Waals surface area contributed by atoms with Crippen molar-refractivity contribution in [3.05, 3.63) is 48.6 Å². The summed E-state index contributed by atoms with van der Waals surface area (Å²) in [5.74, 6) is -0.733. The number of rotatable bonds is 16. The molecule has 0 fully saturated rings. The van der Waals surface area contributed by atoms with Crippen molar-refractivity contribution in [2.75, 3.05) is 0 Å². The van der Waals surface area contributed by atoms with Gasteiger partial charge in [-0.1, -0.05) is 81.2 Å². The number of carboxylic acids is 1. The van der Waals surface area contributed by atoms with Gasteiger partial charge in [0.25, 0.3) is 0 Å². The third kappa shape index (κ3) is 18.7. The van der Waals surface area contributed by atoms with Gasteiger partial charge in [-0.15, -0.1) is 0 Å². The Morgan fingerprint density at radius 2 is 1.54 bits per heavy atom. The lowest BCUT2D eigenvalue weighted by Crippen LogP contribution is -2.00. The van der Waals surface area contributed by atoms with Crippen molar-refractivity contribution >= 4 is 5.97 Å². The lowest BCUT2D eigenvalue weighted by molar-refractivity contribution is -0.137. The maximum atomic E-state index is 10.4. The van der Waals surface area contributed by atoms with Crippen LogP contribution in [0.2, 0.25) is 0 Å². The summed E-state index contributed by atoms with van der Waals surface area (Å²) < 4.78 is 0. The first-order valence-corrected chi connectivity index (χ1v) is 9.80. The van der Waals surface area contributed by atoms with Crippen molar-refractivity contribution in [3.63, 3.8) is 0 Å². The molecule has 0 aromatic rings. The molecule has 0 bridgehead atoms. The molecule has 0 saturated carbocycles. The normalized spacial score (nSPS) is 14.9. The molecular weight excluding hydrogens is 328 g/mol. The highest BCUT2D eigenvalue weighted by Gasteiger charge is 1.97. The van der Waals surface area contributed by atoms with Crippen LogP contribution in [0, 0.1) is 0 Å². The molecule has 0 aliphatic carbocycles. The molecule has 4 nitrogen and oxygen atoms in total. The fourth-order valence-corrected chi connectivity index (χ4v) is 2.36. The number of carbonyl (C=O) groups is 1. The minimum absolute atomic E-state index is 0.244. The summed E-state index contributed by atoms with van der Waals surface area (Å²) in [6.07, 6.45) is 22.5. The average Bonchev–Trinajstić information content (AvgIpc) is 2.60. The standard InChI is InChI=1S/C22H36O4/c1-2-3-10-15-20(23)17-12-8-9-13-18-21(24)16-11-6-4-5-7-14-19-22(25)26/h6,8-9,11-13,17-18,20-21,23-24H,2-5,7,10,14-16,19H2,1H3,(H,25,26)/b9-8-,11-6-,17-12+,18-13-. The van der Waals surface area contributed by atoms with E-state index in [4.69, 9.17) is 5.11 Å². The summed E-state index contributed by atoms with van der Waals surface area (Å²) in [6, 6.07) is 0. The minimum atomic E-state index is -0.733. The van der Waals surface area contributed by atoms with Gasteiger partial charge >= 0.3 is 5.97 Å². The molecule has 148 valence electrons. The van der Waals surface area contributed by atoms with E-state index in [2.05, 4.69) is 6.92 Å². The number of aliphatic hydroxyl groups is 2. The van der Waals surface area contributed by atoms with Gasteiger partial charge in [-0.2, -0.15) is 0 Å². The topological polar surface area (TPSA) is 77.8 Å². The third-order valence-electron chi connectivity index (χ3n) is 3.91. The first-order chi connectivity index (χ1) is 12.6. The molecule has 0 saturated heterocycles. The first kappa shape index (κ1) is 24.4. The van der Waals surface area contributed by atoms with Crippen molar-refractivity contribution < 1.29 is 20.1 Å². The monoisotopic (exact) mass is 364 g/mol. The Morgan fingerprint density at radius 3 is 2.19 bits per heavy atom. The molecule has 0 aromatic carbocycles. The van der Waals surface area contributed by atoms with E-state index in [1.54, 1.807) is 18.2 Å². The van der Waals surface area contributed by atoms with E-state index >= 15 is 0 Å². The molecule has 0 rings (SSSR count). The smallest absolute Gasteiger partial charge is 0.303 e. The maximum absolute atomic E-state index is 10.4. The Labute approximate surface area is 158 Å². The zero-order chi connectivity index (χ0) is 19.5. The van der Waals surface area contributed by atoms with Crippen LogP contribution < -0.4 is 0 Å². The molecule has 0 aromatic heterocycles. The largest absolute Gasteiger partial charge is 0.481 e. The van der Waals surface area contributed by atoms with Gasteiger partial charge in [-0.05, 0) is 32.1 Å². The highest BCUT2D eigenvalue weighted by atomic mass is 16.4. The molecule has 2 unspecified atom stereocenters. The summed E-state index contributed by atoms with van der Waals surface area (Å²) in [7, 11) is 0. The quantitative estimate of drug-likeness (QED) is 0.206. The van der Waals surface area contributed by atoms with E-state index in [1.165, 1.54) is 0 Å². The first-order valence-electron chi connectivity index (χ1n) is 9.80. The van der Waals surface area contributed by atoms with Gasteiger partial charge in [-0.25, -0.2) is 0 Å². The number of carboxylic acid groups (broad SMARTS) is 1. The predicted molar refractivity (Wildman–Crippen MR) is 108 cm³/mol. The van der Waals surface area contributed by atoms with Crippen LogP contribution in [0.15, 0.2) is 48.6 Å². The number of allylic oxidation sites excluding steroid dienone is 5. The van der Waals surface area contributed by atoms with Crippen LogP contribution in [-0.2, 0) is 4.79 Å². The molecule has 0 aliphatic heterocycles. The second-order valence-electron chi connectivity index (χ2n) is 6.49. The highest BCUT2D eigenvalue weighted by Crippen LogP contribution is 2.05. The molecule has 0 amide bonds. The highest BCUT2D eigenvalue weighted by molar-refractivity contribution is 5.66. The number of hydrogen-bond donors (Lipinski definition) is 3. The lowest BCUT2D eigenvalue weighted by Gasteiger charge is -2.02. The van der Waals surface area contributed by atoms with Crippen molar-refractivity contribution in [2.45, 2.75) is 83.3 Å². The van der Waals surface area contributed by atoms with Crippen LogP contribution in [0.5, 0.6) is 0 Å². The van der Waals surface area contributed by atoms with Gasteiger partial charge in [0.2, 0.25) is 0 Å². The zero-order valence-corrected chi connectivity index (χ0v) is 16.1. The molecule has 0 radical (unpaired) electrons. The summed E-state index contributed by atoms with van der Waals surface area (Å²) in [5.41, 5.74) is 0. The molecule has 2 atom stereocenters. The van der Waals surface area contributed by atoms with E-state index < -0.39 is 12.1 Å². The van der Waals surface area contributed by atoms with Crippen molar-refractivity contribution in [1.29, 1.82) is 0 Å². The molecule has 0 aliphatic rings. The third-order valence-corrected chi connectivity index (χ3v) is 3.91. The van der Waals surface area contributed by atoms with E-state index in [1.807, 2.05) is 30.4 Å². The van der Waals surface area contributed by atoms with E-state index in [9.17, 15) is 15.0 Å². The van der Waals surface area contributed by atoms with Gasteiger partial charge < -0.3 is 15.3 Å². The average molecular weight is 365 g/mol. The van der Waals surface area contributed by atoms with Gasteiger partial charge in [0.05, 0.1) is 12.2 Å². The Kier molecular flexibility index (Phi) is 17.0. The van der Waals surface area contributed by atoms with Crippen molar-refractivity contribution in [2.24, 2.45) is 0 Å². The molecule has 0 spiro atoms. The van der Waals surface area contributed by atoms with E-state index in [0.29, 0.717) is 6.42 Å². The molecular formula is C22H36O4. The van der Waals surface area contributed by atoms with Crippen LogP contribution in [0.25, 0.3) is 0 Å². The molecule has 3 N–H and O–H groups in total. The van der Waals surface area contributed by atoms with Crippen LogP contribution in [-0.4, -0.2) is 33.5 Å². The molecule has 0 heterocycles. The Balaban J connectivity index is 3.73. The Hall–Kier alpha value is -1.65. The van der Waals surface area contributed by atoms with Gasteiger partial charge in [0.1, 0.15) is 0 Å². The van der Waals surface area contributed by atoms with E-state index in [0.717, 1.165) is 51.4 Å². The van der Waals surface area contributed by atoms with Crippen molar-refractivity contribution in [1.82, 2.24) is 0 Å². The summed E-state index contributed by atoms with van der Waals surface area (Å²) in [4.78, 5) is 10.4. The molecule has 4 heteroatoms. The van der Waals surface area contributed by atoms with Crippen molar-refractivity contribution in [3.8, 4) is 0 Å². The summed E-state index contributed by atoms with van der Waals surface area (Å²) in [6.45, 7) is 2.15. The predicted octanol–water partition coefficient (Wildman–Crippen LogP) is 4.94. The SMILES string of the molecule is CCCCCC(O)/C=C/C=C\C=C/C(O)C/C=C\CCCCCC(=O)O. The van der Waals surface area contributed by atoms with Gasteiger partial charge in [0.15, 0.2) is 0 Å². The number of aliphatic hydroxyl groups excluding tert-OH is 2. The van der Waals surface area contributed by atoms with Crippen LogP contribution >= 0.6 is 0 Å². The fourth-order valence-electron chi connectivity index (χ4n) is 2.36. The Morgan fingerprint density at radius 1 is 0.846 bits per heavy atom. The van der Waals surface area contributed by atoms with E-state index in [-0.39, 0.29) is 12.5 Å². The van der Waals surface area contributed by atoms with Gasteiger partial charge in [0, 0.05) is 6.42 Å². The number of hydrogen-bond acceptors (Lipinski definition) is 3. The van der Waals surface area contributed by atoms with Crippen LogP contribution in [0.4, 0.5) is 0 Å². The second kappa shape index (κ2) is 18.2. The fraction of sp³-hybridized carbons (Fsp3) is 0.591.